The van der Waals surface area contributed by atoms with Crippen molar-refractivity contribution in [2.45, 2.75) is 24.9 Å². The number of nitrogens with zero attached hydrogens (tertiary/aromatic N) is 1. The Morgan fingerprint density at radius 2 is 2.18 bits per heavy atom. The summed E-state index contributed by atoms with van der Waals surface area (Å²) < 4.78 is 37.1. The van der Waals surface area contributed by atoms with Crippen LogP contribution in [-0.2, 0) is 6.18 Å². The van der Waals surface area contributed by atoms with Gasteiger partial charge in [0, 0.05) is 12.7 Å². The smallest absolute Gasteiger partial charge is 0.316 e. The van der Waals surface area contributed by atoms with Crippen molar-refractivity contribution in [1.29, 1.82) is 0 Å². The summed E-state index contributed by atoms with van der Waals surface area (Å²) in [7, 11) is 0. The second kappa shape index (κ2) is 3.45. The van der Waals surface area contributed by atoms with Crippen molar-refractivity contribution in [3.63, 3.8) is 0 Å². The molecule has 2 nitrogen and oxygen atoms in total. The Balaban J connectivity index is 1.78. The molecule has 2 atom stereocenters. The molecule has 1 aliphatic carbocycles. The van der Waals surface area contributed by atoms with Gasteiger partial charge in [0.25, 0.3) is 0 Å². The molecule has 2 heterocycles. The highest BCUT2D eigenvalue weighted by Crippen LogP contribution is 2.62. The van der Waals surface area contributed by atoms with Gasteiger partial charge in [0.1, 0.15) is 5.69 Å². The molecule has 5 heteroatoms. The normalized spacial score (nSPS) is 32.1. The van der Waals surface area contributed by atoms with Crippen molar-refractivity contribution >= 4 is 0 Å². The number of alkyl halides is 3. The van der Waals surface area contributed by atoms with Crippen LogP contribution in [0.5, 0.6) is 0 Å². The third-order valence-corrected chi connectivity index (χ3v) is 3.95. The predicted molar refractivity (Wildman–Crippen MR) is 56.5 cm³/mol. The topological polar surface area (TPSA) is 24.9 Å². The lowest BCUT2D eigenvalue weighted by molar-refractivity contribution is -0.141. The van der Waals surface area contributed by atoms with E-state index in [1.54, 1.807) is 6.07 Å². The second-order valence-electron chi connectivity index (χ2n) is 5.02. The number of rotatable bonds is 1. The Hall–Kier alpha value is -1.10. The number of pyridine rings is 1. The molecule has 0 aromatic carbocycles. The Bertz CT molecular complexity index is 418. The van der Waals surface area contributed by atoms with E-state index in [1.165, 1.54) is 6.20 Å². The molecule has 1 spiro atoms. The number of aromatic nitrogens is 1. The van der Waals surface area contributed by atoms with Crippen molar-refractivity contribution < 1.29 is 13.2 Å². The fourth-order valence-corrected chi connectivity index (χ4v) is 2.83. The van der Waals surface area contributed by atoms with Crippen molar-refractivity contribution in [3.05, 3.63) is 29.6 Å². The van der Waals surface area contributed by atoms with Gasteiger partial charge in [-0.25, -0.2) is 0 Å². The molecule has 0 bridgehead atoms. The zero-order chi connectivity index (χ0) is 12.1. The maximum Gasteiger partial charge on any atom is 0.433 e. The predicted octanol–water partition coefficient (Wildman–Crippen LogP) is 2.57. The Labute approximate surface area is 97.2 Å². The maximum atomic E-state index is 12.4. The van der Waals surface area contributed by atoms with E-state index in [-0.39, 0.29) is 0 Å². The molecule has 2 aliphatic rings. The van der Waals surface area contributed by atoms with E-state index < -0.39 is 11.9 Å². The van der Waals surface area contributed by atoms with Gasteiger partial charge in [-0.2, -0.15) is 13.2 Å². The molecule has 92 valence electrons. The van der Waals surface area contributed by atoms with Gasteiger partial charge in [-0.05, 0) is 42.3 Å². The minimum atomic E-state index is -4.34. The third kappa shape index (κ3) is 1.82. The molecule has 1 unspecified atom stereocenters. The van der Waals surface area contributed by atoms with Crippen LogP contribution in [0, 0.1) is 5.41 Å². The Morgan fingerprint density at radius 1 is 1.35 bits per heavy atom. The monoisotopic (exact) mass is 242 g/mol. The van der Waals surface area contributed by atoms with Crippen LogP contribution in [-0.4, -0.2) is 18.1 Å². The summed E-state index contributed by atoms with van der Waals surface area (Å²) in [4.78, 5) is 3.52. The standard InChI is InChI=1S/C12H13F3N2/c13-12(14,15)10-2-1-8(6-17-10)9-5-11(9)3-4-16-7-11/h1-2,6,9,16H,3-5,7H2/t9-,11?/m1/s1. The van der Waals surface area contributed by atoms with Crippen LogP contribution in [0.1, 0.15) is 30.0 Å². The quantitative estimate of drug-likeness (QED) is 0.818. The molecule has 0 radical (unpaired) electrons. The zero-order valence-corrected chi connectivity index (χ0v) is 9.22. The molecular weight excluding hydrogens is 229 g/mol. The highest BCUT2D eigenvalue weighted by molar-refractivity contribution is 5.30. The first-order valence-electron chi connectivity index (χ1n) is 5.75. The minimum Gasteiger partial charge on any atom is -0.316 e. The average Bonchev–Trinajstić information content (AvgIpc) is 2.76. The van der Waals surface area contributed by atoms with Gasteiger partial charge in [0.05, 0.1) is 0 Å². The van der Waals surface area contributed by atoms with E-state index in [0.29, 0.717) is 11.3 Å². The van der Waals surface area contributed by atoms with Crippen molar-refractivity contribution in [2.24, 2.45) is 5.41 Å². The van der Waals surface area contributed by atoms with Crippen molar-refractivity contribution in [3.8, 4) is 0 Å². The minimum absolute atomic E-state index is 0.307. The van der Waals surface area contributed by atoms with Gasteiger partial charge in [-0.3, -0.25) is 4.98 Å². The van der Waals surface area contributed by atoms with Crippen molar-refractivity contribution in [1.82, 2.24) is 10.3 Å². The van der Waals surface area contributed by atoms with Crippen LogP contribution >= 0.6 is 0 Å². The summed E-state index contributed by atoms with van der Waals surface area (Å²) in [5.41, 5.74) is 0.448. The lowest BCUT2D eigenvalue weighted by Crippen LogP contribution is -2.11. The molecule has 0 amide bonds. The Kier molecular flexibility index (Phi) is 2.23. The van der Waals surface area contributed by atoms with E-state index >= 15 is 0 Å². The highest BCUT2D eigenvalue weighted by atomic mass is 19.4. The summed E-state index contributed by atoms with van der Waals surface area (Å²) in [6.07, 6.45) is -0.749. The largest absolute Gasteiger partial charge is 0.433 e. The summed E-state index contributed by atoms with van der Waals surface area (Å²) >= 11 is 0. The van der Waals surface area contributed by atoms with E-state index in [4.69, 9.17) is 0 Å². The second-order valence-corrected chi connectivity index (χ2v) is 5.02. The van der Waals surface area contributed by atoms with E-state index in [9.17, 15) is 13.2 Å². The van der Waals surface area contributed by atoms with Gasteiger partial charge in [-0.1, -0.05) is 6.07 Å². The number of halogens is 3. The first-order chi connectivity index (χ1) is 8.01. The first kappa shape index (κ1) is 11.0. The number of hydrogen-bond donors (Lipinski definition) is 1. The first-order valence-corrected chi connectivity index (χ1v) is 5.75. The molecule has 1 aromatic rings. The molecule has 1 saturated carbocycles. The van der Waals surface area contributed by atoms with Crippen LogP contribution in [0.2, 0.25) is 0 Å². The lowest BCUT2D eigenvalue weighted by Gasteiger charge is -2.09. The van der Waals surface area contributed by atoms with Gasteiger partial charge in [0.2, 0.25) is 0 Å². The summed E-state index contributed by atoms with van der Waals surface area (Å²) in [5.74, 6) is 0.396. The number of hydrogen-bond acceptors (Lipinski definition) is 2. The van der Waals surface area contributed by atoms with Gasteiger partial charge in [-0.15, -0.1) is 0 Å². The third-order valence-electron chi connectivity index (χ3n) is 3.95. The lowest BCUT2D eigenvalue weighted by atomic mass is 9.99. The van der Waals surface area contributed by atoms with Crippen LogP contribution in [0.4, 0.5) is 13.2 Å². The number of nitrogens with one attached hydrogen (secondary N) is 1. The van der Waals surface area contributed by atoms with Crippen molar-refractivity contribution in [2.75, 3.05) is 13.1 Å². The zero-order valence-electron chi connectivity index (χ0n) is 9.22. The molecule has 1 aromatic heterocycles. The molecule has 17 heavy (non-hydrogen) atoms. The molecule has 1 N–H and O–H groups in total. The van der Waals surface area contributed by atoms with Crippen LogP contribution < -0.4 is 5.32 Å². The highest BCUT2D eigenvalue weighted by Gasteiger charge is 2.55. The van der Waals surface area contributed by atoms with Gasteiger partial charge < -0.3 is 5.32 Å². The molecule has 1 aliphatic heterocycles. The molecule has 1 saturated heterocycles. The average molecular weight is 242 g/mol. The van der Waals surface area contributed by atoms with Gasteiger partial charge >= 0.3 is 6.18 Å². The summed E-state index contributed by atoms with van der Waals surface area (Å²) in [6, 6.07) is 2.66. The fourth-order valence-electron chi connectivity index (χ4n) is 2.83. The van der Waals surface area contributed by atoms with Crippen LogP contribution in [0.3, 0.4) is 0 Å². The maximum absolute atomic E-state index is 12.4. The summed E-state index contributed by atoms with van der Waals surface area (Å²) in [6.45, 7) is 2.00. The fraction of sp³-hybridized carbons (Fsp3) is 0.583. The van der Waals surface area contributed by atoms with E-state index in [0.717, 1.165) is 37.6 Å². The van der Waals surface area contributed by atoms with Crippen LogP contribution in [0.15, 0.2) is 18.3 Å². The molecule has 3 rings (SSSR count). The SMILES string of the molecule is FC(F)(F)c1ccc([C@H]2CC23CCNC3)cn1. The Morgan fingerprint density at radius 3 is 2.71 bits per heavy atom. The molecule has 2 fully saturated rings. The van der Waals surface area contributed by atoms with E-state index in [1.807, 2.05) is 0 Å². The van der Waals surface area contributed by atoms with Gasteiger partial charge in [0.15, 0.2) is 0 Å². The van der Waals surface area contributed by atoms with E-state index in [2.05, 4.69) is 10.3 Å². The molecular formula is C12H13F3N2. The van der Waals surface area contributed by atoms with Crippen LogP contribution in [0.25, 0.3) is 0 Å². The summed E-state index contributed by atoms with van der Waals surface area (Å²) in [5, 5.41) is 3.31.